The maximum absolute atomic E-state index is 12.5. The molecule has 0 aliphatic rings. The van der Waals surface area contributed by atoms with Crippen molar-refractivity contribution in [1.82, 2.24) is 9.55 Å². The molecule has 3 aromatic rings. The molecule has 134 valence electrons. The van der Waals surface area contributed by atoms with Crippen LogP contribution in [0.15, 0.2) is 47.5 Å². The zero-order chi connectivity index (χ0) is 18.7. The average molecular weight is 371 g/mol. The molecular weight excluding hydrogens is 352 g/mol. The predicted octanol–water partition coefficient (Wildman–Crippen LogP) is 4.05. The largest absolute Gasteiger partial charge is 0.426 e. The van der Waals surface area contributed by atoms with Crippen LogP contribution < -0.4 is 10.3 Å². The number of fused-ring (bicyclic) bond motifs is 1. The number of aryl methyl sites for hydroxylation is 3. The first kappa shape index (κ1) is 18.1. The van der Waals surface area contributed by atoms with Crippen LogP contribution in [-0.2, 0) is 11.3 Å². The number of hydrogen-bond donors (Lipinski definition) is 0. The smallest absolute Gasteiger partial charge is 0.311 e. The summed E-state index contributed by atoms with van der Waals surface area (Å²) >= 11 is 5.89. The number of carbonyl (C=O) groups is 1. The maximum Gasteiger partial charge on any atom is 0.311 e. The summed E-state index contributed by atoms with van der Waals surface area (Å²) in [6, 6.07) is 10.6. The van der Waals surface area contributed by atoms with E-state index in [2.05, 4.69) is 4.98 Å². The van der Waals surface area contributed by atoms with Crippen molar-refractivity contribution in [3.63, 3.8) is 0 Å². The molecule has 5 nitrogen and oxygen atoms in total. The van der Waals surface area contributed by atoms with Gasteiger partial charge in [0.05, 0.1) is 17.2 Å². The van der Waals surface area contributed by atoms with E-state index in [4.69, 9.17) is 16.3 Å². The molecule has 0 saturated heterocycles. The van der Waals surface area contributed by atoms with Gasteiger partial charge >= 0.3 is 5.97 Å². The van der Waals surface area contributed by atoms with E-state index in [1.54, 1.807) is 24.3 Å². The summed E-state index contributed by atoms with van der Waals surface area (Å²) in [6.07, 6.45) is 2.23. The van der Waals surface area contributed by atoms with Crippen molar-refractivity contribution in [2.24, 2.45) is 0 Å². The molecule has 1 heterocycles. The molecule has 0 atom stereocenters. The van der Waals surface area contributed by atoms with Gasteiger partial charge in [-0.1, -0.05) is 23.7 Å². The Bertz CT molecular complexity index is 1030. The summed E-state index contributed by atoms with van der Waals surface area (Å²) in [5.41, 5.74) is 2.39. The number of hydrogen-bond acceptors (Lipinski definition) is 4. The Morgan fingerprint density at radius 1 is 1.19 bits per heavy atom. The summed E-state index contributed by atoms with van der Waals surface area (Å²) in [7, 11) is 0. The van der Waals surface area contributed by atoms with Crippen molar-refractivity contribution in [2.45, 2.75) is 33.2 Å². The zero-order valence-corrected chi connectivity index (χ0v) is 15.4. The molecule has 0 fully saturated rings. The van der Waals surface area contributed by atoms with Crippen LogP contribution in [0.1, 0.15) is 24.0 Å². The van der Waals surface area contributed by atoms with Crippen LogP contribution in [0, 0.1) is 13.8 Å². The number of para-hydroxylation sites is 1. The molecule has 0 aliphatic heterocycles. The Labute approximate surface area is 156 Å². The standard InChI is InChI=1S/C20H19ClN2O3/c1-13-5-3-6-16-19(13)22-12-23(20(16)25)10-4-7-18(24)26-17-9-8-15(21)11-14(17)2/h3,5-6,8-9,11-12H,4,7,10H2,1-2H3. The van der Waals surface area contributed by atoms with E-state index in [1.165, 1.54) is 10.9 Å². The van der Waals surface area contributed by atoms with Gasteiger partial charge in [-0.25, -0.2) is 4.98 Å². The number of benzene rings is 2. The van der Waals surface area contributed by atoms with Crippen molar-refractivity contribution < 1.29 is 9.53 Å². The molecule has 0 aliphatic carbocycles. The summed E-state index contributed by atoms with van der Waals surface area (Å²) in [5.74, 6) is 0.160. The quantitative estimate of drug-likeness (QED) is 0.502. The number of nitrogens with zero attached hydrogens (tertiary/aromatic N) is 2. The molecule has 2 aromatic carbocycles. The molecule has 0 saturated carbocycles. The molecule has 0 amide bonds. The normalized spacial score (nSPS) is 10.9. The third kappa shape index (κ3) is 3.94. The van der Waals surface area contributed by atoms with E-state index >= 15 is 0 Å². The fraction of sp³-hybridized carbons (Fsp3) is 0.250. The van der Waals surface area contributed by atoms with E-state index in [1.807, 2.05) is 26.0 Å². The van der Waals surface area contributed by atoms with Gasteiger partial charge < -0.3 is 4.74 Å². The summed E-state index contributed by atoms with van der Waals surface area (Å²) in [6.45, 7) is 4.16. The SMILES string of the molecule is Cc1cc(Cl)ccc1OC(=O)CCCn1cnc2c(C)cccc2c1=O. The predicted molar refractivity (Wildman–Crippen MR) is 102 cm³/mol. The molecule has 0 unspecified atom stereocenters. The third-order valence-electron chi connectivity index (χ3n) is 4.20. The van der Waals surface area contributed by atoms with E-state index < -0.39 is 0 Å². The minimum absolute atomic E-state index is 0.0967. The highest BCUT2D eigenvalue weighted by Gasteiger charge is 2.09. The van der Waals surface area contributed by atoms with Crippen LogP contribution >= 0.6 is 11.6 Å². The number of ether oxygens (including phenoxy) is 1. The highest BCUT2D eigenvalue weighted by atomic mass is 35.5. The van der Waals surface area contributed by atoms with Gasteiger partial charge in [-0.15, -0.1) is 0 Å². The van der Waals surface area contributed by atoms with Crippen molar-refractivity contribution in [2.75, 3.05) is 0 Å². The van der Waals surface area contributed by atoms with Crippen molar-refractivity contribution in [1.29, 1.82) is 0 Å². The second-order valence-corrected chi connectivity index (χ2v) is 6.64. The van der Waals surface area contributed by atoms with Gasteiger partial charge in [-0.3, -0.25) is 14.2 Å². The van der Waals surface area contributed by atoms with Crippen molar-refractivity contribution in [3.05, 3.63) is 69.2 Å². The Morgan fingerprint density at radius 2 is 2.00 bits per heavy atom. The first-order valence-electron chi connectivity index (χ1n) is 8.37. The number of aromatic nitrogens is 2. The Morgan fingerprint density at radius 3 is 2.77 bits per heavy atom. The Hall–Kier alpha value is -2.66. The molecule has 6 heteroatoms. The van der Waals surface area contributed by atoms with E-state index in [-0.39, 0.29) is 17.9 Å². The van der Waals surface area contributed by atoms with Gasteiger partial charge in [0.1, 0.15) is 5.75 Å². The van der Waals surface area contributed by atoms with Gasteiger partial charge in [0.25, 0.3) is 5.56 Å². The highest BCUT2D eigenvalue weighted by Crippen LogP contribution is 2.22. The van der Waals surface area contributed by atoms with Crippen molar-refractivity contribution >= 4 is 28.5 Å². The number of halogens is 1. The first-order chi connectivity index (χ1) is 12.5. The van der Waals surface area contributed by atoms with Gasteiger partial charge in [0, 0.05) is 18.0 Å². The molecular formula is C20H19ClN2O3. The van der Waals surface area contributed by atoms with E-state index in [9.17, 15) is 9.59 Å². The summed E-state index contributed by atoms with van der Waals surface area (Å²) in [4.78, 5) is 28.9. The lowest BCUT2D eigenvalue weighted by Crippen LogP contribution is -2.21. The van der Waals surface area contributed by atoms with Gasteiger partial charge in [-0.05, 0) is 55.7 Å². The molecule has 0 spiro atoms. The molecule has 0 radical (unpaired) electrons. The molecule has 3 rings (SSSR count). The lowest BCUT2D eigenvalue weighted by atomic mass is 10.1. The van der Waals surface area contributed by atoms with E-state index in [0.717, 1.165) is 11.1 Å². The summed E-state index contributed by atoms with van der Waals surface area (Å²) < 4.78 is 6.88. The third-order valence-corrected chi connectivity index (χ3v) is 4.43. The number of esters is 1. The topological polar surface area (TPSA) is 61.2 Å². The Kier molecular flexibility index (Phi) is 5.38. The molecule has 0 N–H and O–H groups in total. The fourth-order valence-electron chi connectivity index (χ4n) is 2.79. The van der Waals surface area contributed by atoms with Crippen LogP contribution in [0.2, 0.25) is 5.02 Å². The maximum atomic E-state index is 12.5. The fourth-order valence-corrected chi connectivity index (χ4v) is 3.02. The van der Waals surface area contributed by atoms with Crippen LogP contribution in [0.25, 0.3) is 10.9 Å². The van der Waals surface area contributed by atoms with Gasteiger partial charge in [0.2, 0.25) is 0 Å². The molecule has 26 heavy (non-hydrogen) atoms. The van der Waals surface area contributed by atoms with Crippen LogP contribution in [0.5, 0.6) is 5.75 Å². The first-order valence-corrected chi connectivity index (χ1v) is 8.75. The Balaban J connectivity index is 1.63. The van der Waals surface area contributed by atoms with Gasteiger partial charge in [-0.2, -0.15) is 0 Å². The highest BCUT2D eigenvalue weighted by molar-refractivity contribution is 6.30. The zero-order valence-electron chi connectivity index (χ0n) is 14.7. The van der Waals surface area contributed by atoms with Gasteiger partial charge in [0.15, 0.2) is 0 Å². The lowest BCUT2D eigenvalue weighted by molar-refractivity contribution is -0.134. The molecule has 1 aromatic heterocycles. The van der Waals surface area contributed by atoms with Crippen LogP contribution in [0.4, 0.5) is 0 Å². The van der Waals surface area contributed by atoms with Crippen LogP contribution in [0.3, 0.4) is 0 Å². The monoisotopic (exact) mass is 370 g/mol. The minimum Gasteiger partial charge on any atom is -0.426 e. The minimum atomic E-state index is -0.340. The summed E-state index contributed by atoms with van der Waals surface area (Å²) in [5, 5.41) is 1.19. The van der Waals surface area contributed by atoms with Crippen molar-refractivity contribution in [3.8, 4) is 5.75 Å². The molecule has 0 bridgehead atoms. The number of rotatable bonds is 5. The second kappa shape index (κ2) is 7.70. The van der Waals surface area contributed by atoms with Crippen LogP contribution in [-0.4, -0.2) is 15.5 Å². The van der Waals surface area contributed by atoms with E-state index in [0.29, 0.717) is 34.6 Å². The average Bonchev–Trinajstić information content (AvgIpc) is 2.60. The second-order valence-electron chi connectivity index (χ2n) is 6.20. The number of carbonyl (C=O) groups excluding carboxylic acids is 1. The lowest BCUT2D eigenvalue weighted by Gasteiger charge is -2.09.